The van der Waals surface area contributed by atoms with Crippen LogP contribution in [0.15, 0.2) is 29.3 Å². The Hall–Kier alpha value is -0.820. The summed E-state index contributed by atoms with van der Waals surface area (Å²) in [6.07, 6.45) is 3.63. The molecule has 0 aliphatic carbocycles. The molecule has 0 aliphatic heterocycles. The van der Waals surface area contributed by atoms with Gasteiger partial charge in [0.1, 0.15) is 0 Å². The van der Waals surface area contributed by atoms with E-state index in [1.54, 1.807) is 0 Å². The van der Waals surface area contributed by atoms with Gasteiger partial charge in [0.25, 0.3) is 0 Å². The highest BCUT2D eigenvalue weighted by Crippen LogP contribution is 2.09. The fourth-order valence-electron chi connectivity index (χ4n) is 2.49. The molecule has 5 heteroatoms. The first-order valence-corrected chi connectivity index (χ1v) is 8.65. The molecule has 1 aromatic carbocycles. The van der Waals surface area contributed by atoms with E-state index in [0.29, 0.717) is 18.5 Å². The van der Waals surface area contributed by atoms with Gasteiger partial charge in [-0.05, 0) is 44.5 Å². The molecular formula is C19H35IN4. The summed E-state index contributed by atoms with van der Waals surface area (Å²) >= 11 is 0. The molecule has 1 unspecified atom stereocenters. The van der Waals surface area contributed by atoms with Crippen molar-refractivity contribution in [1.82, 2.24) is 10.2 Å². The first-order valence-electron chi connectivity index (χ1n) is 8.65. The average Bonchev–Trinajstić information content (AvgIpc) is 2.45. The number of nitrogens with zero attached hydrogens (tertiary/aromatic N) is 2. The van der Waals surface area contributed by atoms with E-state index in [1.165, 1.54) is 24.0 Å². The zero-order valence-electron chi connectivity index (χ0n) is 15.9. The molecule has 4 nitrogen and oxygen atoms in total. The van der Waals surface area contributed by atoms with Gasteiger partial charge in [0.2, 0.25) is 0 Å². The molecule has 1 aromatic rings. The van der Waals surface area contributed by atoms with Crippen LogP contribution in [0, 0.1) is 5.92 Å². The number of nitrogens with two attached hydrogens (primary N) is 1. The summed E-state index contributed by atoms with van der Waals surface area (Å²) < 4.78 is 0. The quantitative estimate of drug-likeness (QED) is 0.343. The molecule has 0 aliphatic rings. The minimum atomic E-state index is 0. The van der Waals surface area contributed by atoms with Gasteiger partial charge in [-0.1, -0.05) is 51.0 Å². The predicted molar refractivity (Wildman–Crippen MR) is 116 cm³/mol. The summed E-state index contributed by atoms with van der Waals surface area (Å²) in [6, 6.07) is 8.94. The van der Waals surface area contributed by atoms with Crippen LogP contribution in [0.4, 0.5) is 0 Å². The Morgan fingerprint density at radius 3 is 2.21 bits per heavy atom. The van der Waals surface area contributed by atoms with Crippen LogP contribution in [0.2, 0.25) is 0 Å². The van der Waals surface area contributed by atoms with Gasteiger partial charge in [-0.2, -0.15) is 0 Å². The molecule has 0 radical (unpaired) electrons. The van der Waals surface area contributed by atoms with Crippen molar-refractivity contribution in [1.29, 1.82) is 0 Å². The van der Waals surface area contributed by atoms with Crippen LogP contribution in [0.25, 0.3) is 0 Å². The van der Waals surface area contributed by atoms with E-state index in [-0.39, 0.29) is 24.0 Å². The van der Waals surface area contributed by atoms with Gasteiger partial charge in [0.05, 0.1) is 6.54 Å². The highest BCUT2D eigenvalue weighted by molar-refractivity contribution is 14.0. The Balaban J connectivity index is 0.00000529. The zero-order valence-corrected chi connectivity index (χ0v) is 18.2. The first kappa shape index (κ1) is 23.2. The van der Waals surface area contributed by atoms with Gasteiger partial charge in [-0.15, -0.1) is 24.0 Å². The smallest absolute Gasteiger partial charge is 0.189 e. The van der Waals surface area contributed by atoms with Crippen LogP contribution in [0.1, 0.15) is 51.2 Å². The van der Waals surface area contributed by atoms with Crippen molar-refractivity contribution in [2.45, 2.75) is 59.2 Å². The summed E-state index contributed by atoms with van der Waals surface area (Å²) in [5, 5.41) is 3.28. The highest BCUT2D eigenvalue weighted by Gasteiger charge is 2.04. The van der Waals surface area contributed by atoms with Gasteiger partial charge in [0.15, 0.2) is 5.96 Å². The number of guanidine groups is 1. The molecule has 138 valence electrons. The van der Waals surface area contributed by atoms with E-state index in [4.69, 9.17) is 5.73 Å². The predicted octanol–water partition coefficient (Wildman–Crippen LogP) is 3.99. The molecule has 0 fully saturated rings. The van der Waals surface area contributed by atoms with Crippen molar-refractivity contribution in [3.63, 3.8) is 0 Å². The Kier molecular flexibility index (Phi) is 12.1. The molecule has 0 heterocycles. The van der Waals surface area contributed by atoms with E-state index in [0.717, 1.165) is 18.9 Å². The lowest BCUT2D eigenvalue weighted by Crippen LogP contribution is -2.38. The van der Waals surface area contributed by atoms with Crippen molar-refractivity contribution in [2.75, 3.05) is 14.1 Å². The largest absolute Gasteiger partial charge is 0.370 e. The maximum Gasteiger partial charge on any atom is 0.189 e. The summed E-state index contributed by atoms with van der Waals surface area (Å²) in [7, 11) is 4.15. The molecule has 3 N–H and O–H groups in total. The van der Waals surface area contributed by atoms with Crippen LogP contribution in [-0.4, -0.2) is 31.0 Å². The average molecular weight is 446 g/mol. The number of hydrogen-bond donors (Lipinski definition) is 2. The van der Waals surface area contributed by atoms with Crippen molar-refractivity contribution in [2.24, 2.45) is 16.6 Å². The monoisotopic (exact) mass is 446 g/mol. The van der Waals surface area contributed by atoms with Crippen molar-refractivity contribution in [3.8, 4) is 0 Å². The van der Waals surface area contributed by atoms with Crippen LogP contribution in [-0.2, 0) is 13.1 Å². The highest BCUT2D eigenvalue weighted by atomic mass is 127. The summed E-state index contributed by atoms with van der Waals surface area (Å²) in [4.78, 5) is 6.60. The molecule has 24 heavy (non-hydrogen) atoms. The Bertz CT molecular complexity index is 469. The molecular weight excluding hydrogens is 411 g/mol. The standard InChI is InChI=1S/C19H34N4.HI/c1-15(2)7-6-8-16(3)22-19(20)21-13-17-9-11-18(12-10-17)14-23(4)5;/h9-12,15-16H,6-8,13-14H2,1-5H3,(H3,20,21,22);1H. The zero-order chi connectivity index (χ0) is 17.2. The molecule has 0 saturated heterocycles. The lowest BCUT2D eigenvalue weighted by Gasteiger charge is -2.15. The van der Waals surface area contributed by atoms with Crippen LogP contribution < -0.4 is 11.1 Å². The minimum Gasteiger partial charge on any atom is -0.370 e. The molecule has 1 atom stereocenters. The number of aliphatic imine (C=N–C) groups is 1. The third-order valence-corrected chi connectivity index (χ3v) is 3.77. The van der Waals surface area contributed by atoms with Gasteiger partial charge in [-0.25, -0.2) is 4.99 Å². The second-order valence-corrected chi connectivity index (χ2v) is 7.13. The Labute approximate surface area is 165 Å². The number of benzene rings is 1. The second kappa shape index (κ2) is 12.5. The lowest BCUT2D eigenvalue weighted by molar-refractivity contribution is 0.402. The second-order valence-electron chi connectivity index (χ2n) is 7.13. The van der Waals surface area contributed by atoms with E-state index >= 15 is 0 Å². The van der Waals surface area contributed by atoms with Crippen LogP contribution in [0.5, 0.6) is 0 Å². The molecule has 0 amide bonds. The molecule has 0 aromatic heterocycles. The summed E-state index contributed by atoms with van der Waals surface area (Å²) in [5.74, 6) is 1.31. The topological polar surface area (TPSA) is 53.6 Å². The van der Waals surface area contributed by atoms with Crippen LogP contribution in [0.3, 0.4) is 0 Å². The molecule has 1 rings (SSSR count). The van der Waals surface area contributed by atoms with Crippen molar-refractivity contribution in [3.05, 3.63) is 35.4 Å². The van der Waals surface area contributed by atoms with Gasteiger partial charge in [0, 0.05) is 12.6 Å². The maximum absolute atomic E-state index is 5.98. The maximum atomic E-state index is 5.98. The number of nitrogens with one attached hydrogen (secondary N) is 1. The lowest BCUT2D eigenvalue weighted by atomic mass is 10.0. The Morgan fingerprint density at radius 2 is 1.67 bits per heavy atom. The minimum absolute atomic E-state index is 0. The first-order chi connectivity index (χ1) is 10.9. The third kappa shape index (κ3) is 10.9. The van der Waals surface area contributed by atoms with E-state index in [1.807, 2.05) is 0 Å². The third-order valence-electron chi connectivity index (χ3n) is 3.77. The van der Waals surface area contributed by atoms with Gasteiger partial charge >= 0.3 is 0 Å². The fraction of sp³-hybridized carbons (Fsp3) is 0.632. The van der Waals surface area contributed by atoms with Gasteiger partial charge in [-0.3, -0.25) is 0 Å². The summed E-state index contributed by atoms with van der Waals surface area (Å²) in [6.45, 7) is 8.27. The summed E-state index contributed by atoms with van der Waals surface area (Å²) in [5.41, 5.74) is 8.48. The van der Waals surface area contributed by atoms with Gasteiger partial charge < -0.3 is 16.0 Å². The molecule has 0 saturated carbocycles. The number of hydrogen-bond acceptors (Lipinski definition) is 2. The van der Waals surface area contributed by atoms with E-state index in [2.05, 4.69) is 74.3 Å². The van der Waals surface area contributed by atoms with Crippen LogP contribution >= 0.6 is 24.0 Å². The van der Waals surface area contributed by atoms with E-state index in [9.17, 15) is 0 Å². The molecule has 0 spiro atoms. The fourth-order valence-corrected chi connectivity index (χ4v) is 2.49. The molecule has 0 bridgehead atoms. The number of rotatable bonds is 9. The van der Waals surface area contributed by atoms with E-state index < -0.39 is 0 Å². The SMILES string of the molecule is CC(C)CCCC(C)NC(N)=NCc1ccc(CN(C)C)cc1.I. The van der Waals surface area contributed by atoms with Crippen molar-refractivity contribution >= 4 is 29.9 Å². The Morgan fingerprint density at radius 1 is 1.08 bits per heavy atom. The number of halogens is 1. The normalized spacial score (nSPS) is 13.0. The van der Waals surface area contributed by atoms with Crippen molar-refractivity contribution < 1.29 is 0 Å².